The lowest BCUT2D eigenvalue weighted by Gasteiger charge is -2.55. The van der Waals surface area contributed by atoms with Crippen molar-refractivity contribution in [3.05, 3.63) is 20.8 Å². The molecule has 5 rings (SSSR count). The summed E-state index contributed by atoms with van der Waals surface area (Å²) in [6.45, 7) is 11.9. The van der Waals surface area contributed by atoms with Crippen LogP contribution in [0.5, 0.6) is 0 Å². The number of piperidine rings is 2. The zero-order chi connectivity index (χ0) is 28.3. The molecule has 1 aromatic rings. The summed E-state index contributed by atoms with van der Waals surface area (Å²) in [7, 11) is 0. The molecular weight excluding hydrogens is 542 g/mol. The summed E-state index contributed by atoms with van der Waals surface area (Å²) in [5.41, 5.74) is 1.54. The lowest BCUT2D eigenvalue weighted by Crippen LogP contribution is -2.63. The molecule has 4 fully saturated rings. The number of thiophene rings is 1. The first kappa shape index (κ1) is 30.2. The average Bonchev–Trinajstić information content (AvgIpc) is 3.35. The molecule has 224 valence electrons. The van der Waals surface area contributed by atoms with E-state index in [-0.39, 0.29) is 23.1 Å². The third-order valence-electron chi connectivity index (χ3n) is 10.8. The van der Waals surface area contributed by atoms with Crippen LogP contribution in [0.4, 0.5) is 4.79 Å². The Hall–Kier alpha value is -1.31. The van der Waals surface area contributed by atoms with Gasteiger partial charge in [0.2, 0.25) is 0 Å². The molecule has 1 aliphatic carbocycles. The molecule has 3 saturated heterocycles. The third kappa shape index (κ3) is 6.22. The minimum absolute atomic E-state index is 0.0650. The molecule has 1 saturated carbocycles. The highest BCUT2D eigenvalue weighted by atomic mass is 35.5. The van der Waals surface area contributed by atoms with Crippen LogP contribution in [-0.4, -0.2) is 77.1 Å². The van der Waals surface area contributed by atoms with Crippen molar-refractivity contribution in [3.63, 3.8) is 0 Å². The van der Waals surface area contributed by atoms with Gasteiger partial charge in [0.25, 0.3) is 5.91 Å². The lowest BCUT2D eigenvalue weighted by atomic mass is 9.74. The van der Waals surface area contributed by atoms with Crippen LogP contribution >= 0.6 is 22.9 Å². The fraction of sp³-hybridized carbons (Fsp3) is 0.812. The predicted molar refractivity (Wildman–Crippen MR) is 163 cm³/mol. The van der Waals surface area contributed by atoms with Crippen molar-refractivity contribution in [2.75, 3.05) is 39.3 Å². The Labute approximate surface area is 250 Å². The van der Waals surface area contributed by atoms with Gasteiger partial charge >= 0.3 is 6.09 Å². The Balaban J connectivity index is 1.19. The van der Waals surface area contributed by atoms with Crippen LogP contribution in [0.2, 0.25) is 4.34 Å². The molecule has 0 aromatic carbocycles. The summed E-state index contributed by atoms with van der Waals surface area (Å²) in [6, 6.07) is 0. The van der Waals surface area contributed by atoms with Crippen molar-refractivity contribution in [1.29, 1.82) is 0 Å². The molecule has 8 heteroatoms. The highest BCUT2D eigenvalue weighted by Crippen LogP contribution is 2.44. The van der Waals surface area contributed by atoms with Gasteiger partial charge in [0.1, 0.15) is 5.60 Å². The summed E-state index contributed by atoms with van der Waals surface area (Å²) in [5, 5.41) is 1.93. The number of ether oxygens (including phenoxy) is 1. The Kier molecular flexibility index (Phi) is 9.73. The van der Waals surface area contributed by atoms with Gasteiger partial charge in [-0.05, 0) is 56.9 Å². The van der Waals surface area contributed by atoms with Gasteiger partial charge in [-0.25, -0.2) is 4.79 Å². The van der Waals surface area contributed by atoms with Crippen molar-refractivity contribution in [3.8, 4) is 0 Å². The second-order valence-electron chi connectivity index (χ2n) is 13.2. The molecule has 1 spiro atoms. The maximum atomic E-state index is 13.3. The molecule has 4 aliphatic rings. The zero-order valence-corrected chi connectivity index (χ0v) is 26.6. The first-order chi connectivity index (χ1) is 19.3. The summed E-state index contributed by atoms with van der Waals surface area (Å²) < 4.78 is 7.21. The first-order valence-corrected chi connectivity index (χ1v) is 17.3. The summed E-state index contributed by atoms with van der Waals surface area (Å²) in [5.74, 6) is 1.20. The highest BCUT2D eigenvalue weighted by molar-refractivity contribution is 7.14. The van der Waals surface area contributed by atoms with Crippen LogP contribution in [0.25, 0.3) is 0 Å². The number of nitrogens with zero attached hydrogens (tertiary/aromatic N) is 3. The number of hydrogen-bond donors (Lipinski definition) is 0. The Morgan fingerprint density at radius 1 is 1.07 bits per heavy atom. The molecule has 1 atom stereocenters. The minimum atomic E-state index is -0.312. The topological polar surface area (TPSA) is 53.1 Å². The Morgan fingerprint density at radius 2 is 1.77 bits per heavy atom. The van der Waals surface area contributed by atoms with Gasteiger partial charge in [-0.2, -0.15) is 0 Å². The van der Waals surface area contributed by atoms with Crippen molar-refractivity contribution >= 4 is 34.9 Å². The number of amides is 2. The van der Waals surface area contributed by atoms with E-state index in [0.29, 0.717) is 11.8 Å². The molecule has 4 heterocycles. The monoisotopic (exact) mass is 591 g/mol. The molecular formula is C32H50ClN3O3S. The molecule has 40 heavy (non-hydrogen) atoms. The van der Waals surface area contributed by atoms with Gasteiger partial charge in [-0.15, -0.1) is 11.3 Å². The third-order valence-corrected chi connectivity index (χ3v) is 12.1. The number of carbonyl (C=O) groups excluding carboxylic acids is 2. The SMILES string of the molecule is CCCCC1CN(CC2CCCCC2)C(=O)OC12CCN(C1(C)CCN(C(=O)c3csc(Cl)c3CC)CC1)CC2. The van der Waals surface area contributed by atoms with Gasteiger partial charge in [0.15, 0.2) is 0 Å². The van der Waals surface area contributed by atoms with Crippen LogP contribution < -0.4 is 0 Å². The van der Waals surface area contributed by atoms with Crippen LogP contribution in [0.1, 0.15) is 114 Å². The Bertz CT molecular complexity index is 1020. The molecule has 1 aromatic heterocycles. The highest BCUT2D eigenvalue weighted by Gasteiger charge is 2.51. The normalized spacial score (nSPS) is 25.8. The molecule has 1 unspecified atom stereocenters. The maximum absolute atomic E-state index is 13.3. The number of likely N-dealkylation sites (tertiary alicyclic amines) is 2. The van der Waals surface area contributed by atoms with Gasteiger partial charge in [-0.1, -0.05) is 57.6 Å². The molecule has 0 N–H and O–H groups in total. The van der Waals surface area contributed by atoms with Crippen molar-refractivity contribution < 1.29 is 14.3 Å². The molecule has 0 radical (unpaired) electrons. The van der Waals surface area contributed by atoms with E-state index in [1.807, 2.05) is 10.3 Å². The largest absolute Gasteiger partial charge is 0.442 e. The van der Waals surface area contributed by atoms with E-state index in [1.165, 1.54) is 56.3 Å². The van der Waals surface area contributed by atoms with Gasteiger partial charge < -0.3 is 14.5 Å². The van der Waals surface area contributed by atoms with E-state index in [4.69, 9.17) is 16.3 Å². The van der Waals surface area contributed by atoms with Gasteiger partial charge in [-0.3, -0.25) is 9.69 Å². The summed E-state index contributed by atoms with van der Waals surface area (Å²) in [4.78, 5) is 33.3. The second kappa shape index (κ2) is 12.9. The van der Waals surface area contributed by atoms with E-state index < -0.39 is 0 Å². The standard InChI is InChI=1S/C32H50ClN3O3S/c1-4-6-12-25-22-35(21-24-10-8-7-9-11-24)30(38)39-32(25)15-19-36(20-16-32)31(3)13-17-34(18-14-31)29(37)27-23-40-28(33)26(27)5-2/h23-25H,4-22H2,1-3H3. The molecule has 2 amide bonds. The molecule has 3 aliphatic heterocycles. The van der Waals surface area contributed by atoms with Crippen molar-refractivity contribution in [2.24, 2.45) is 11.8 Å². The van der Waals surface area contributed by atoms with Gasteiger partial charge in [0.05, 0.1) is 9.90 Å². The zero-order valence-electron chi connectivity index (χ0n) is 25.0. The quantitative estimate of drug-likeness (QED) is 0.312. The predicted octanol–water partition coefficient (Wildman–Crippen LogP) is 7.63. The first-order valence-electron chi connectivity index (χ1n) is 16.1. The lowest BCUT2D eigenvalue weighted by molar-refractivity contribution is -0.134. The van der Waals surface area contributed by atoms with Crippen LogP contribution in [0, 0.1) is 11.8 Å². The maximum Gasteiger partial charge on any atom is 0.410 e. The average molecular weight is 592 g/mol. The Morgan fingerprint density at radius 3 is 2.42 bits per heavy atom. The second-order valence-corrected chi connectivity index (χ2v) is 14.7. The van der Waals surface area contributed by atoms with E-state index in [1.54, 1.807) is 0 Å². The smallest absolute Gasteiger partial charge is 0.410 e. The van der Waals surface area contributed by atoms with Gasteiger partial charge in [0, 0.05) is 68.9 Å². The molecule has 0 bridgehead atoms. The number of halogens is 1. The summed E-state index contributed by atoms with van der Waals surface area (Å²) in [6.07, 6.45) is 14.5. The number of unbranched alkanes of at least 4 members (excludes halogenated alkanes) is 1. The van der Waals surface area contributed by atoms with Crippen molar-refractivity contribution in [2.45, 2.75) is 115 Å². The number of rotatable bonds is 8. The van der Waals surface area contributed by atoms with E-state index in [9.17, 15) is 9.59 Å². The van der Waals surface area contributed by atoms with E-state index >= 15 is 0 Å². The van der Waals surface area contributed by atoms with E-state index in [0.717, 1.165) is 93.3 Å². The molecule has 6 nitrogen and oxygen atoms in total. The fourth-order valence-corrected chi connectivity index (χ4v) is 9.18. The minimum Gasteiger partial charge on any atom is -0.442 e. The van der Waals surface area contributed by atoms with Crippen LogP contribution in [-0.2, 0) is 11.2 Å². The van der Waals surface area contributed by atoms with Crippen LogP contribution in [0.15, 0.2) is 5.38 Å². The van der Waals surface area contributed by atoms with E-state index in [2.05, 4.69) is 30.6 Å². The van der Waals surface area contributed by atoms with Crippen molar-refractivity contribution in [1.82, 2.24) is 14.7 Å². The summed E-state index contributed by atoms with van der Waals surface area (Å²) >= 11 is 7.81. The van der Waals surface area contributed by atoms with Crippen LogP contribution in [0.3, 0.4) is 0 Å². The number of hydrogen-bond acceptors (Lipinski definition) is 5. The number of carbonyl (C=O) groups is 2. The fourth-order valence-electron chi connectivity index (χ4n) is 7.95.